The molecule has 70 valence electrons. The molecule has 1 heterocycles. The van der Waals surface area contributed by atoms with Crippen LogP contribution in [0.25, 0.3) is 10.9 Å². The van der Waals surface area contributed by atoms with Gasteiger partial charge in [-0.2, -0.15) is 0 Å². The lowest BCUT2D eigenvalue weighted by atomic mass is 9.79. The molecule has 0 spiro atoms. The van der Waals surface area contributed by atoms with Crippen molar-refractivity contribution in [1.82, 2.24) is 4.98 Å². The molecule has 0 aliphatic carbocycles. The van der Waals surface area contributed by atoms with Gasteiger partial charge in [0.1, 0.15) is 11.3 Å². The summed E-state index contributed by atoms with van der Waals surface area (Å²) in [6.07, 6.45) is 1.49. The number of aromatic nitrogens is 1. The van der Waals surface area contributed by atoms with Crippen molar-refractivity contribution in [2.24, 2.45) is 0 Å². The van der Waals surface area contributed by atoms with Gasteiger partial charge in [-0.05, 0) is 17.6 Å². The maximum Gasteiger partial charge on any atom is 0.488 e. The van der Waals surface area contributed by atoms with E-state index in [1.54, 1.807) is 12.1 Å². The number of hydrogen-bond acceptors (Lipinski definition) is 3. The minimum atomic E-state index is -1.66. The zero-order valence-electron chi connectivity index (χ0n) is 7.18. The first-order chi connectivity index (χ1) is 6.68. The van der Waals surface area contributed by atoms with E-state index in [9.17, 15) is 4.39 Å². The highest BCUT2D eigenvalue weighted by atomic mass is 19.1. The summed E-state index contributed by atoms with van der Waals surface area (Å²) < 4.78 is 13.3. The number of benzene rings is 1. The van der Waals surface area contributed by atoms with Gasteiger partial charge in [-0.1, -0.05) is 12.1 Å². The molecule has 0 aliphatic rings. The first-order valence-corrected chi connectivity index (χ1v) is 4.09. The Morgan fingerprint density at radius 2 is 2.07 bits per heavy atom. The molecule has 1 aromatic carbocycles. The van der Waals surface area contributed by atoms with Crippen LogP contribution in [-0.4, -0.2) is 22.2 Å². The average molecular weight is 191 g/mol. The standard InChI is InChI=1S/C9H7BFNO2/c11-8-5-7(10(13)14)4-6-2-1-3-12-9(6)8/h1-5,13-14H. The molecule has 0 unspecified atom stereocenters. The van der Waals surface area contributed by atoms with E-state index in [1.807, 2.05) is 0 Å². The first kappa shape index (κ1) is 9.11. The van der Waals surface area contributed by atoms with Crippen LogP contribution < -0.4 is 5.46 Å². The SMILES string of the molecule is OB(O)c1cc(F)c2ncccc2c1. The Hall–Kier alpha value is -1.46. The quantitative estimate of drug-likeness (QED) is 0.626. The molecule has 5 heteroatoms. The number of fused-ring (bicyclic) bond motifs is 1. The van der Waals surface area contributed by atoms with E-state index >= 15 is 0 Å². The van der Waals surface area contributed by atoms with Crippen LogP contribution in [0.5, 0.6) is 0 Å². The second-order valence-electron chi connectivity index (χ2n) is 2.95. The monoisotopic (exact) mass is 191 g/mol. The number of rotatable bonds is 1. The fourth-order valence-electron chi connectivity index (χ4n) is 1.32. The highest BCUT2D eigenvalue weighted by Crippen LogP contribution is 2.12. The number of halogens is 1. The summed E-state index contributed by atoms with van der Waals surface area (Å²) >= 11 is 0. The predicted molar refractivity (Wildman–Crippen MR) is 51.5 cm³/mol. The van der Waals surface area contributed by atoms with Crippen molar-refractivity contribution in [3.8, 4) is 0 Å². The second kappa shape index (κ2) is 3.36. The van der Waals surface area contributed by atoms with Crippen molar-refractivity contribution in [2.75, 3.05) is 0 Å². The van der Waals surface area contributed by atoms with Gasteiger partial charge in [0.2, 0.25) is 0 Å². The van der Waals surface area contributed by atoms with Gasteiger partial charge >= 0.3 is 7.12 Å². The van der Waals surface area contributed by atoms with Gasteiger partial charge in [0.15, 0.2) is 0 Å². The van der Waals surface area contributed by atoms with Crippen LogP contribution in [0.4, 0.5) is 4.39 Å². The molecule has 0 radical (unpaired) electrons. The Morgan fingerprint density at radius 1 is 1.29 bits per heavy atom. The summed E-state index contributed by atoms with van der Waals surface area (Å²) in [6.45, 7) is 0. The van der Waals surface area contributed by atoms with Gasteiger partial charge in [0.05, 0.1) is 0 Å². The van der Waals surface area contributed by atoms with E-state index in [4.69, 9.17) is 10.0 Å². The molecule has 0 fully saturated rings. The van der Waals surface area contributed by atoms with E-state index in [0.717, 1.165) is 6.07 Å². The summed E-state index contributed by atoms with van der Waals surface area (Å²) in [7, 11) is -1.66. The maximum atomic E-state index is 13.3. The smallest absolute Gasteiger partial charge is 0.423 e. The lowest BCUT2D eigenvalue weighted by molar-refractivity contribution is 0.425. The highest BCUT2D eigenvalue weighted by Gasteiger charge is 2.14. The van der Waals surface area contributed by atoms with Crippen molar-refractivity contribution in [3.63, 3.8) is 0 Å². The topological polar surface area (TPSA) is 53.4 Å². The van der Waals surface area contributed by atoms with Crippen LogP contribution >= 0.6 is 0 Å². The van der Waals surface area contributed by atoms with Gasteiger partial charge in [0.25, 0.3) is 0 Å². The fraction of sp³-hybridized carbons (Fsp3) is 0. The molecule has 2 aromatic rings. The molecule has 2 rings (SSSR count). The molecule has 14 heavy (non-hydrogen) atoms. The molecule has 1 aromatic heterocycles. The van der Waals surface area contributed by atoms with Crippen LogP contribution in [0.2, 0.25) is 0 Å². The van der Waals surface area contributed by atoms with E-state index < -0.39 is 12.9 Å². The van der Waals surface area contributed by atoms with Crippen molar-refractivity contribution in [2.45, 2.75) is 0 Å². The second-order valence-corrected chi connectivity index (χ2v) is 2.95. The van der Waals surface area contributed by atoms with E-state index in [-0.39, 0.29) is 11.0 Å². The molecule has 0 bridgehead atoms. The molecule has 0 atom stereocenters. The summed E-state index contributed by atoms with van der Waals surface area (Å²) in [4.78, 5) is 3.84. The van der Waals surface area contributed by atoms with Crippen molar-refractivity contribution < 1.29 is 14.4 Å². The zero-order chi connectivity index (χ0) is 10.1. The van der Waals surface area contributed by atoms with Crippen molar-refractivity contribution in [1.29, 1.82) is 0 Å². The molecule has 0 saturated carbocycles. The van der Waals surface area contributed by atoms with Crippen LogP contribution in [0.1, 0.15) is 0 Å². The van der Waals surface area contributed by atoms with Gasteiger partial charge in [-0.15, -0.1) is 0 Å². The zero-order valence-corrected chi connectivity index (χ0v) is 7.18. The Labute approximate surface area is 80.0 Å². The molecule has 3 nitrogen and oxygen atoms in total. The van der Waals surface area contributed by atoms with E-state index in [0.29, 0.717) is 5.39 Å². The summed E-state index contributed by atoms with van der Waals surface area (Å²) in [5, 5.41) is 18.3. The fourth-order valence-corrected chi connectivity index (χ4v) is 1.32. The van der Waals surface area contributed by atoms with Crippen molar-refractivity contribution in [3.05, 3.63) is 36.3 Å². The van der Waals surface area contributed by atoms with Crippen LogP contribution in [0.3, 0.4) is 0 Å². The third-order valence-electron chi connectivity index (χ3n) is 1.98. The largest absolute Gasteiger partial charge is 0.488 e. The highest BCUT2D eigenvalue weighted by molar-refractivity contribution is 6.58. The van der Waals surface area contributed by atoms with Crippen molar-refractivity contribution >= 4 is 23.5 Å². The minimum absolute atomic E-state index is 0.128. The van der Waals surface area contributed by atoms with E-state index in [2.05, 4.69) is 4.98 Å². The van der Waals surface area contributed by atoms with Crippen LogP contribution in [0.15, 0.2) is 30.5 Å². The Bertz CT molecular complexity index is 475. The lowest BCUT2D eigenvalue weighted by Gasteiger charge is -2.02. The van der Waals surface area contributed by atoms with Gasteiger partial charge in [-0.3, -0.25) is 4.98 Å². The molecular formula is C9H7BFNO2. The maximum absolute atomic E-state index is 13.3. The Balaban J connectivity index is 2.72. The van der Waals surface area contributed by atoms with Gasteiger partial charge < -0.3 is 10.0 Å². The third kappa shape index (κ3) is 1.47. The molecule has 2 N–H and O–H groups in total. The number of hydrogen-bond donors (Lipinski definition) is 2. The van der Waals surface area contributed by atoms with Crippen LogP contribution in [-0.2, 0) is 0 Å². The number of pyridine rings is 1. The predicted octanol–water partition coefficient (Wildman–Crippen LogP) is 0.0537. The molecule has 0 aliphatic heterocycles. The average Bonchev–Trinajstić information content (AvgIpc) is 2.17. The summed E-state index contributed by atoms with van der Waals surface area (Å²) in [6, 6.07) is 5.89. The minimum Gasteiger partial charge on any atom is -0.423 e. The normalized spacial score (nSPS) is 10.5. The first-order valence-electron chi connectivity index (χ1n) is 4.09. The Morgan fingerprint density at radius 3 is 2.79 bits per heavy atom. The molecule has 0 amide bonds. The van der Waals surface area contributed by atoms with Gasteiger partial charge in [0, 0.05) is 11.6 Å². The molecular weight excluding hydrogens is 184 g/mol. The Kier molecular flexibility index (Phi) is 2.19. The summed E-state index contributed by atoms with van der Waals surface area (Å²) in [5.74, 6) is -0.550. The molecule has 0 saturated heterocycles. The van der Waals surface area contributed by atoms with E-state index in [1.165, 1.54) is 12.3 Å². The number of nitrogens with zero attached hydrogens (tertiary/aromatic N) is 1. The van der Waals surface area contributed by atoms with Gasteiger partial charge in [-0.25, -0.2) is 4.39 Å². The lowest BCUT2D eigenvalue weighted by Crippen LogP contribution is -2.30. The summed E-state index contributed by atoms with van der Waals surface area (Å²) in [5.41, 5.74) is 0.361. The third-order valence-corrected chi connectivity index (χ3v) is 1.98. The van der Waals surface area contributed by atoms with Crippen LogP contribution in [0, 0.1) is 5.82 Å².